The van der Waals surface area contributed by atoms with Crippen LogP contribution in [0.4, 0.5) is 10.5 Å². The highest BCUT2D eigenvalue weighted by molar-refractivity contribution is 8.09. The number of carbonyl (C=O) groups excluding carboxylic acids is 2. The lowest BCUT2D eigenvalue weighted by Crippen LogP contribution is -2.25. The molecule has 0 saturated heterocycles. The van der Waals surface area contributed by atoms with Gasteiger partial charge >= 0.3 is 6.09 Å². The molecule has 1 unspecified atom stereocenters. The maximum Gasteiger partial charge on any atom is 0.407 e. The Bertz CT molecular complexity index is 725. The van der Waals surface area contributed by atoms with Crippen LogP contribution >= 0.6 is 6.49 Å². The number of alkyl carbamates (subject to hydrolysis) is 1. The van der Waals surface area contributed by atoms with Crippen molar-refractivity contribution in [2.45, 2.75) is 72.1 Å². The minimum Gasteiger partial charge on any atom is -0.445 e. The van der Waals surface area contributed by atoms with E-state index in [-0.39, 0.29) is 18.2 Å². The van der Waals surface area contributed by atoms with Crippen LogP contribution in [0, 0.1) is 5.92 Å². The number of amides is 2. The summed E-state index contributed by atoms with van der Waals surface area (Å²) in [4.78, 5) is 33.5. The van der Waals surface area contributed by atoms with Gasteiger partial charge < -0.3 is 24.8 Å². The second-order valence-electron chi connectivity index (χ2n) is 8.25. The molecule has 0 aliphatic carbocycles. The number of carbonyl (C=O) groups is 2. The Morgan fingerprint density at radius 3 is 2.32 bits per heavy atom. The predicted octanol–water partition coefficient (Wildman–Crippen LogP) is 5.18. The SMILES string of the molecule is CC(C)CC(=O)Nc1ccc(COC(=O)NCCCCCCOP(O)(=S)C(C)C)cc1. The van der Waals surface area contributed by atoms with Gasteiger partial charge in [0.2, 0.25) is 5.91 Å². The molecule has 9 heteroatoms. The number of nitrogens with one attached hydrogen (secondary N) is 2. The van der Waals surface area contributed by atoms with Crippen LogP contribution in [0.15, 0.2) is 24.3 Å². The number of unbranched alkanes of at least 4 members (excludes halogenated alkanes) is 3. The van der Waals surface area contributed by atoms with Gasteiger partial charge in [-0.1, -0.05) is 52.7 Å². The van der Waals surface area contributed by atoms with Gasteiger partial charge in [0.15, 0.2) is 6.49 Å². The zero-order valence-electron chi connectivity index (χ0n) is 19.1. The van der Waals surface area contributed by atoms with Crippen LogP contribution in [0.2, 0.25) is 0 Å². The number of rotatable bonds is 14. The van der Waals surface area contributed by atoms with E-state index in [9.17, 15) is 14.5 Å². The molecule has 3 N–H and O–H groups in total. The second kappa shape index (κ2) is 14.6. The fourth-order valence-corrected chi connectivity index (χ4v) is 3.49. The highest BCUT2D eigenvalue weighted by atomic mass is 32.5. The third-order valence-electron chi connectivity index (χ3n) is 4.47. The number of hydrogen-bond acceptors (Lipinski definition) is 5. The Balaban J connectivity index is 2.11. The first-order valence-corrected chi connectivity index (χ1v) is 13.6. The summed E-state index contributed by atoms with van der Waals surface area (Å²) in [5.41, 5.74) is 1.56. The van der Waals surface area contributed by atoms with Gasteiger partial charge in [-0.25, -0.2) is 4.79 Å². The first-order chi connectivity index (χ1) is 14.6. The molecule has 0 spiro atoms. The van der Waals surface area contributed by atoms with Gasteiger partial charge in [-0.3, -0.25) is 4.79 Å². The summed E-state index contributed by atoms with van der Waals surface area (Å²) in [5, 5.41) is 5.59. The monoisotopic (exact) mass is 472 g/mol. The third-order valence-corrected chi connectivity index (χ3v) is 7.91. The van der Waals surface area contributed by atoms with Gasteiger partial charge in [-0.15, -0.1) is 0 Å². The van der Waals surface area contributed by atoms with Gasteiger partial charge in [0, 0.05) is 24.3 Å². The molecule has 0 radical (unpaired) electrons. The lowest BCUT2D eigenvalue weighted by Gasteiger charge is -2.19. The van der Waals surface area contributed by atoms with E-state index >= 15 is 0 Å². The Labute approximate surface area is 191 Å². The summed E-state index contributed by atoms with van der Waals surface area (Å²) < 4.78 is 10.6. The number of ether oxygens (including phenoxy) is 1. The van der Waals surface area contributed by atoms with Crippen molar-refractivity contribution < 1.29 is 23.7 Å². The maximum atomic E-state index is 11.8. The molecule has 0 aromatic heterocycles. The average molecular weight is 473 g/mol. The van der Waals surface area contributed by atoms with E-state index in [2.05, 4.69) is 10.6 Å². The van der Waals surface area contributed by atoms with Gasteiger partial charge in [0.1, 0.15) is 6.61 Å². The zero-order chi connectivity index (χ0) is 23.3. The molecule has 0 bridgehead atoms. The van der Waals surface area contributed by atoms with Crippen LogP contribution in [0.1, 0.15) is 65.4 Å². The molecule has 1 aromatic rings. The molecular weight excluding hydrogens is 435 g/mol. The van der Waals surface area contributed by atoms with Crippen LogP contribution in [0.25, 0.3) is 0 Å². The van der Waals surface area contributed by atoms with Gasteiger partial charge in [-0.2, -0.15) is 0 Å². The van der Waals surface area contributed by atoms with Gasteiger partial charge in [-0.05, 0) is 48.3 Å². The molecule has 31 heavy (non-hydrogen) atoms. The predicted molar refractivity (Wildman–Crippen MR) is 129 cm³/mol. The van der Waals surface area contributed by atoms with E-state index in [0.717, 1.165) is 36.9 Å². The molecular formula is C22H37N2O5PS. The first kappa shape index (κ1) is 27.6. The Hall–Kier alpha value is -1.47. The van der Waals surface area contributed by atoms with E-state index in [4.69, 9.17) is 21.1 Å². The van der Waals surface area contributed by atoms with Crippen molar-refractivity contribution in [3.8, 4) is 0 Å². The highest BCUT2D eigenvalue weighted by Gasteiger charge is 2.18. The fraction of sp³-hybridized carbons (Fsp3) is 0.636. The van der Waals surface area contributed by atoms with Crippen LogP contribution in [-0.2, 0) is 32.5 Å². The molecule has 0 heterocycles. The summed E-state index contributed by atoms with van der Waals surface area (Å²) in [6.07, 6.45) is 3.61. The summed E-state index contributed by atoms with van der Waals surface area (Å²) in [6.45, 7) is 6.29. The zero-order valence-corrected chi connectivity index (χ0v) is 20.8. The lowest BCUT2D eigenvalue weighted by molar-refractivity contribution is -0.116. The Morgan fingerprint density at radius 1 is 1.06 bits per heavy atom. The summed E-state index contributed by atoms with van der Waals surface area (Å²) >= 11 is 5.08. The molecule has 0 aliphatic heterocycles. The molecule has 1 rings (SSSR count). The molecule has 7 nitrogen and oxygen atoms in total. The standard InChI is InChI=1S/C22H37N2O5PS/c1-17(2)15-21(25)24-20-11-9-19(10-12-20)16-28-22(26)23-13-7-5-6-8-14-29-30(27,31)18(3)4/h9-12,17-18H,5-8,13-16H2,1-4H3,(H,23,26)(H,24,25)(H,27,31). The Morgan fingerprint density at radius 2 is 1.71 bits per heavy atom. The van der Waals surface area contributed by atoms with Crippen molar-refractivity contribution in [3.63, 3.8) is 0 Å². The maximum absolute atomic E-state index is 11.8. The lowest BCUT2D eigenvalue weighted by atomic mass is 10.1. The molecule has 1 atom stereocenters. The van der Waals surface area contributed by atoms with Crippen molar-refractivity contribution in [1.29, 1.82) is 0 Å². The minimum absolute atomic E-state index is 0.00942. The van der Waals surface area contributed by atoms with E-state index in [1.165, 1.54) is 0 Å². The molecule has 0 saturated carbocycles. The van der Waals surface area contributed by atoms with Crippen LogP contribution in [0.3, 0.4) is 0 Å². The van der Waals surface area contributed by atoms with E-state index in [1.54, 1.807) is 12.1 Å². The van der Waals surface area contributed by atoms with Crippen molar-refractivity contribution >= 4 is 36.0 Å². The van der Waals surface area contributed by atoms with Gasteiger partial charge in [0.05, 0.1) is 6.61 Å². The first-order valence-electron chi connectivity index (χ1n) is 10.9. The second-order valence-corrected chi connectivity index (χ2v) is 12.2. The summed E-state index contributed by atoms with van der Waals surface area (Å²) in [6, 6.07) is 7.25. The van der Waals surface area contributed by atoms with Crippen molar-refractivity contribution in [1.82, 2.24) is 5.32 Å². The summed E-state index contributed by atoms with van der Waals surface area (Å²) in [5.74, 6) is 0.300. The van der Waals surface area contributed by atoms with Gasteiger partial charge in [0.25, 0.3) is 0 Å². The van der Waals surface area contributed by atoms with Crippen LogP contribution in [0.5, 0.6) is 0 Å². The minimum atomic E-state index is -2.65. The number of anilines is 1. The largest absolute Gasteiger partial charge is 0.445 e. The molecule has 1 aromatic carbocycles. The highest BCUT2D eigenvalue weighted by Crippen LogP contribution is 2.47. The molecule has 0 aliphatic rings. The normalized spacial score (nSPS) is 13.1. The number of benzene rings is 1. The van der Waals surface area contributed by atoms with E-state index in [1.807, 2.05) is 39.8 Å². The van der Waals surface area contributed by atoms with Crippen LogP contribution in [-0.4, -0.2) is 35.7 Å². The average Bonchev–Trinajstić information content (AvgIpc) is 2.68. The Kier molecular flexibility index (Phi) is 13.0. The van der Waals surface area contributed by atoms with E-state index in [0.29, 0.717) is 25.5 Å². The van der Waals surface area contributed by atoms with Crippen molar-refractivity contribution in [2.75, 3.05) is 18.5 Å². The third kappa shape index (κ3) is 12.9. The number of hydrogen-bond donors (Lipinski definition) is 3. The van der Waals surface area contributed by atoms with E-state index < -0.39 is 12.6 Å². The van der Waals surface area contributed by atoms with Crippen LogP contribution < -0.4 is 10.6 Å². The quantitative estimate of drug-likeness (QED) is 0.255. The smallest absolute Gasteiger partial charge is 0.407 e. The van der Waals surface area contributed by atoms with Crippen molar-refractivity contribution in [3.05, 3.63) is 29.8 Å². The molecule has 0 fully saturated rings. The molecule has 176 valence electrons. The van der Waals surface area contributed by atoms with Crippen molar-refractivity contribution in [2.24, 2.45) is 5.92 Å². The summed E-state index contributed by atoms with van der Waals surface area (Å²) in [7, 11) is 0. The molecule has 2 amide bonds. The fourth-order valence-electron chi connectivity index (χ4n) is 2.58. The topological polar surface area (TPSA) is 96.9 Å².